The first kappa shape index (κ1) is 22.8. The molecule has 33 heavy (non-hydrogen) atoms. The number of methoxy groups -OCH3 is 2. The molecule has 1 aromatic carbocycles. The summed E-state index contributed by atoms with van der Waals surface area (Å²) in [4.78, 5) is 22.1. The Labute approximate surface area is 196 Å². The van der Waals surface area contributed by atoms with E-state index in [4.69, 9.17) is 26.1 Å². The van der Waals surface area contributed by atoms with E-state index in [1.54, 1.807) is 12.1 Å². The van der Waals surface area contributed by atoms with E-state index >= 15 is 0 Å². The molecule has 0 bridgehead atoms. The second kappa shape index (κ2) is 8.86. The van der Waals surface area contributed by atoms with Gasteiger partial charge in [0.1, 0.15) is 11.5 Å². The molecule has 172 valence electrons. The van der Waals surface area contributed by atoms with Crippen LogP contribution in [0, 0.1) is 27.7 Å². The van der Waals surface area contributed by atoms with Crippen molar-refractivity contribution in [3.63, 3.8) is 0 Å². The third-order valence-electron chi connectivity index (χ3n) is 5.76. The molecule has 0 atom stereocenters. The summed E-state index contributed by atoms with van der Waals surface area (Å²) in [5.74, 6) is 0.789. The van der Waals surface area contributed by atoms with Crippen molar-refractivity contribution in [2.24, 2.45) is 0 Å². The van der Waals surface area contributed by atoms with Crippen molar-refractivity contribution in [3.8, 4) is 11.5 Å². The van der Waals surface area contributed by atoms with Crippen LogP contribution in [-0.2, 0) is 11.2 Å². The largest absolute Gasteiger partial charge is 0.495 e. The van der Waals surface area contributed by atoms with Gasteiger partial charge in [0.05, 0.1) is 30.3 Å². The quantitative estimate of drug-likeness (QED) is 0.440. The summed E-state index contributed by atoms with van der Waals surface area (Å²) >= 11 is 6.21. The molecular formula is C24H26ClN5O3. The SMILES string of the molecule is COc1cc(OC)c(NC(=O)CCc2c(C)nc3c4c(C)cc(C)nc4nn3c2C)cc1Cl. The second-order valence-corrected chi connectivity index (χ2v) is 8.42. The first-order valence-corrected chi connectivity index (χ1v) is 11.0. The normalized spacial score (nSPS) is 11.2. The first-order valence-electron chi connectivity index (χ1n) is 10.6. The number of aromatic nitrogens is 4. The lowest BCUT2D eigenvalue weighted by atomic mass is 10.1. The number of carbonyl (C=O) groups is 1. The maximum atomic E-state index is 12.7. The molecule has 9 heteroatoms. The summed E-state index contributed by atoms with van der Waals surface area (Å²) in [6.45, 7) is 7.96. The zero-order valence-corrected chi connectivity index (χ0v) is 20.3. The van der Waals surface area contributed by atoms with Gasteiger partial charge in [-0.25, -0.2) is 14.5 Å². The van der Waals surface area contributed by atoms with Crippen molar-refractivity contribution in [2.45, 2.75) is 40.5 Å². The van der Waals surface area contributed by atoms with Gasteiger partial charge in [0.15, 0.2) is 11.3 Å². The highest BCUT2D eigenvalue weighted by Crippen LogP contribution is 2.36. The molecule has 3 aromatic heterocycles. The summed E-state index contributed by atoms with van der Waals surface area (Å²) in [5, 5.41) is 8.91. The minimum absolute atomic E-state index is 0.160. The first-order chi connectivity index (χ1) is 15.7. The molecule has 8 nitrogen and oxygen atoms in total. The zero-order chi connectivity index (χ0) is 23.9. The molecule has 0 saturated heterocycles. The molecular weight excluding hydrogens is 442 g/mol. The van der Waals surface area contributed by atoms with Crippen LogP contribution in [0.2, 0.25) is 5.02 Å². The molecule has 0 unspecified atom stereocenters. The minimum atomic E-state index is -0.160. The summed E-state index contributed by atoms with van der Waals surface area (Å²) in [5.41, 5.74) is 6.79. The fraction of sp³-hybridized carbons (Fsp3) is 0.333. The molecule has 0 fully saturated rings. The molecule has 0 aliphatic rings. The number of halogens is 1. The standard InChI is InChI=1S/C24H26ClN5O3/c1-12-9-13(2)26-23-22(12)24-27-14(3)16(15(4)30(24)29-23)7-8-21(31)28-18-10-17(25)19(32-5)11-20(18)33-6/h9-11H,7-8H2,1-6H3,(H,28,31). The molecule has 1 amide bonds. The van der Waals surface area contributed by atoms with E-state index in [1.165, 1.54) is 14.2 Å². The number of nitrogens with zero attached hydrogens (tertiary/aromatic N) is 4. The smallest absolute Gasteiger partial charge is 0.224 e. The monoisotopic (exact) mass is 467 g/mol. The molecule has 0 aliphatic heterocycles. The zero-order valence-electron chi connectivity index (χ0n) is 19.5. The van der Waals surface area contributed by atoms with Gasteiger partial charge >= 0.3 is 0 Å². The highest BCUT2D eigenvalue weighted by Gasteiger charge is 2.18. The van der Waals surface area contributed by atoms with Gasteiger partial charge in [-0.2, -0.15) is 0 Å². The summed E-state index contributed by atoms with van der Waals surface area (Å²) in [6.07, 6.45) is 0.777. The Bertz CT molecular complexity index is 1400. The molecule has 4 rings (SSSR count). The van der Waals surface area contributed by atoms with Gasteiger partial charge in [-0.1, -0.05) is 11.6 Å². The van der Waals surface area contributed by atoms with Crippen LogP contribution < -0.4 is 14.8 Å². The van der Waals surface area contributed by atoms with Crippen LogP contribution in [0.15, 0.2) is 18.2 Å². The number of benzene rings is 1. The summed E-state index contributed by atoms with van der Waals surface area (Å²) < 4.78 is 12.4. The Balaban J connectivity index is 1.60. The third kappa shape index (κ3) is 4.18. The maximum Gasteiger partial charge on any atom is 0.224 e. The Morgan fingerprint density at radius 3 is 2.48 bits per heavy atom. The van der Waals surface area contributed by atoms with Gasteiger partial charge in [0, 0.05) is 29.6 Å². The van der Waals surface area contributed by atoms with E-state index in [2.05, 4.69) is 15.4 Å². The lowest BCUT2D eigenvalue weighted by Crippen LogP contribution is -2.15. The highest BCUT2D eigenvalue weighted by atomic mass is 35.5. The molecule has 3 heterocycles. The fourth-order valence-electron chi connectivity index (χ4n) is 4.14. The van der Waals surface area contributed by atoms with Crippen LogP contribution in [0.1, 0.15) is 34.6 Å². The van der Waals surface area contributed by atoms with Gasteiger partial charge in [0.2, 0.25) is 5.91 Å². The third-order valence-corrected chi connectivity index (χ3v) is 6.05. The van der Waals surface area contributed by atoms with E-state index in [1.807, 2.05) is 38.3 Å². The fourth-order valence-corrected chi connectivity index (χ4v) is 4.38. The summed E-state index contributed by atoms with van der Waals surface area (Å²) in [6, 6.07) is 5.30. The topological polar surface area (TPSA) is 90.6 Å². The van der Waals surface area contributed by atoms with Crippen LogP contribution >= 0.6 is 11.6 Å². The van der Waals surface area contributed by atoms with Gasteiger partial charge in [-0.3, -0.25) is 4.79 Å². The molecule has 0 saturated carbocycles. The van der Waals surface area contributed by atoms with Gasteiger partial charge in [0.25, 0.3) is 0 Å². The lowest BCUT2D eigenvalue weighted by Gasteiger charge is -2.14. The number of nitrogens with one attached hydrogen (secondary N) is 1. The average molecular weight is 468 g/mol. The van der Waals surface area contributed by atoms with Crippen molar-refractivity contribution in [1.82, 2.24) is 19.6 Å². The predicted molar refractivity (Wildman–Crippen MR) is 129 cm³/mol. The van der Waals surface area contributed by atoms with Crippen LogP contribution in [-0.4, -0.2) is 39.7 Å². The van der Waals surface area contributed by atoms with Gasteiger partial charge in [-0.05, 0) is 57.4 Å². The Morgan fingerprint density at radius 1 is 1.06 bits per heavy atom. The number of fused-ring (bicyclic) bond motifs is 3. The Kier molecular flexibility index (Phi) is 6.12. The predicted octanol–water partition coefficient (Wildman–Crippen LogP) is 4.75. The number of ether oxygens (including phenoxy) is 2. The average Bonchev–Trinajstić information content (AvgIpc) is 3.12. The number of pyridine rings is 1. The number of amides is 1. The van der Waals surface area contributed by atoms with Crippen LogP contribution in [0.5, 0.6) is 11.5 Å². The number of carbonyl (C=O) groups excluding carboxylic acids is 1. The molecule has 0 spiro atoms. The molecule has 0 radical (unpaired) electrons. The molecule has 1 N–H and O–H groups in total. The van der Waals surface area contributed by atoms with E-state index in [9.17, 15) is 4.79 Å². The van der Waals surface area contributed by atoms with E-state index in [0.29, 0.717) is 34.3 Å². The highest BCUT2D eigenvalue weighted by molar-refractivity contribution is 6.32. The summed E-state index contributed by atoms with van der Waals surface area (Å²) in [7, 11) is 3.05. The minimum Gasteiger partial charge on any atom is -0.495 e. The van der Waals surface area contributed by atoms with Crippen molar-refractivity contribution in [1.29, 1.82) is 0 Å². The number of aryl methyl sites for hydroxylation is 4. The molecule has 4 aromatic rings. The molecule has 0 aliphatic carbocycles. The van der Waals surface area contributed by atoms with E-state index in [-0.39, 0.29) is 12.3 Å². The number of rotatable bonds is 6. The van der Waals surface area contributed by atoms with Crippen LogP contribution in [0.25, 0.3) is 16.7 Å². The Hall–Kier alpha value is -3.39. The van der Waals surface area contributed by atoms with Crippen molar-refractivity contribution < 1.29 is 14.3 Å². The van der Waals surface area contributed by atoms with Gasteiger partial charge in [-0.15, -0.1) is 5.10 Å². The van der Waals surface area contributed by atoms with Crippen molar-refractivity contribution >= 4 is 39.9 Å². The Morgan fingerprint density at radius 2 is 1.79 bits per heavy atom. The van der Waals surface area contributed by atoms with E-state index < -0.39 is 0 Å². The van der Waals surface area contributed by atoms with E-state index in [0.717, 1.165) is 39.2 Å². The number of anilines is 1. The number of hydrogen-bond acceptors (Lipinski definition) is 6. The maximum absolute atomic E-state index is 12.7. The second-order valence-electron chi connectivity index (χ2n) is 8.01. The van der Waals surface area contributed by atoms with Crippen LogP contribution in [0.4, 0.5) is 5.69 Å². The van der Waals surface area contributed by atoms with Crippen molar-refractivity contribution in [3.05, 3.63) is 51.4 Å². The van der Waals surface area contributed by atoms with Crippen molar-refractivity contribution in [2.75, 3.05) is 19.5 Å². The lowest BCUT2D eigenvalue weighted by molar-refractivity contribution is -0.116. The number of hydrogen-bond donors (Lipinski definition) is 1. The van der Waals surface area contributed by atoms with Crippen LogP contribution in [0.3, 0.4) is 0 Å². The van der Waals surface area contributed by atoms with Gasteiger partial charge < -0.3 is 14.8 Å².